The summed E-state index contributed by atoms with van der Waals surface area (Å²) < 4.78 is 0. The first-order valence-electron chi connectivity index (χ1n) is 16.6. The van der Waals surface area contributed by atoms with Crippen molar-refractivity contribution in [2.45, 2.75) is 129 Å². The molecule has 0 fully saturated rings. The SMILES string of the molecule is CCCCCCCCCCc1nnc(-c2c(Cl)c(Cl)c3c(Cl)c(-c4nnc(CCCCCCCCCC)s4)c(Cl)c(Cl)c3c2Cl)s1. The molecule has 2 aromatic carbocycles. The van der Waals surface area contributed by atoms with Crippen molar-refractivity contribution in [3.05, 3.63) is 40.2 Å². The van der Waals surface area contributed by atoms with Gasteiger partial charge >= 0.3 is 0 Å². The van der Waals surface area contributed by atoms with Gasteiger partial charge in [0.2, 0.25) is 0 Å². The lowest BCUT2D eigenvalue weighted by Gasteiger charge is -2.17. The van der Waals surface area contributed by atoms with Crippen LogP contribution < -0.4 is 0 Å². The Morgan fingerprint density at radius 1 is 0.391 bits per heavy atom. The molecule has 0 unspecified atom stereocenters. The van der Waals surface area contributed by atoms with Crippen LogP contribution in [0.2, 0.25) is 30.1 Å². The highest BCUT2D eigenvalue weighted by Gasteiger charge is 2.29. The molecule has 0 spiro atoms. The van der Waals surface area contributed by atoms with E-state index >= 15 is 0 Å². The van der Waals surface area contributed by atoms with Crippen molar-refractivity contribution >= 4 is 103 Å². The van der Waals surface area contributed by atoms with Crippen molar-refractivity contribution in [2.75, 3.05) is 0 Å². The molecule has 4 rings (SSSR count). The second-order valence-corrected chi connectivity index (χ2v) is 16.2. The molecule has 46 heavy (non-hydrogen) atoms. The highest BCUT2D eigenvalue weighted by atomic mass is 35.5. The van der Waals surface area contributed by atoms with Crippen LogP contribution in [0.1, 0.15) is 127 Å². The van der Waals surface area contributed by atoms with Gasteiger partial charge in [0.25, 0.3) is 0 Å². The lowest BCUT2D eigenvalue weighted by molar-refractivity contribution is 0.574. The standard InChI is InChI=1S/C34H42Cl6N4S2/c1-3-5-7-9-11-13-15-17-19-21-41-43-33(45-21)25-27(35)23-24(29(37)31(25)39)28(36)26(32(40)30(23)38)34-44-42-22(46-34)20-18-16-14-12-10-8-6-4-2/h3-20H2,1-2H3. The summed E-state index contributed by atoms with van der Waals surface area (Å²) in [5, 5.41) is 23.0. The van der Waals surface area contributed by atoms with E-state index in [1.54, 1.807) is 0 Å². The van der Waals surface area contributed by atoms with Gasteiger partial charge in [-0.2, -0.15) is 0 Å². The van der Waals surface area contributed by atoms with E-state index in [-0.39, 0.29) is 30.1 Å². The molecule has 4 aromatic rings. The number of nitrogens with zero attached hydrogens (tertiary/aromatic N) is 4. The van der Waals surface area contributed by atoms with Gasteiger partial charge < -0.3 is 0 Å². The predicted octanol–water partition coefficient (Wildman–Crippen LogP) is 15.2. The number of halogens is 6. The topological polar surface area (TPSA) is 51.6 Å². The second kappa shape index (κ2) is 19.7. The molecule has 0 aliphatic rings. The number of fused-ring (bicyclic) bond motifs is 1. The van der Waals surface area contributed by atoms with E-state index in [4.69, 9.17) is 69.6 Å². The summed E-state index contributed by atoms with van der Waals surface area (Å²) in [7, 11) is 0. The van der Waals surface area contributed by atoms with Gasteiger partial charge in [0.15, 0.2) is 10.0 Å². The van der Waals surface area contributed by atoms with Crippen LogP contribution in [-0.4, -0.2) is 20.4 Å². The second-order valence-electron chi connectivity index (χ2n) is 11.8. The summed E-state index contributed by atoms with van der Waals surface area (Å²) in [6.07, 6.45) is 21.7. The van der Waals surface area contributed by atoms with E-state index in [1.165, 1.54) is 113 Å². The third-order valence-corrected chi connectivity index (χ3v) is 12.7. The van der Waals surface area contributed by atoms with Gasteiger partial charge in [0, 0.05) is 23.6 Å². The average Bonchev–Trinajstić information content (AvgIpc) is 3.70. The fraction of sp³-hybridized carbons (Fsp3) is 0.588. The van der Waals surface area contributed by atoms with Crippen molar-refractivity contribution in [1.82, 2.24) is 20.4 Å². The van der Waals surface area contributed by atoms with Crippen LogP contribution in [-0.2, 0) is 12.8 Å². The van der Waals surface area contributed by atoms with E-state index < -0.39 is 0 Å². The average molecular weight is 784 g/mol. The quantitative estimate of drug-likeness (QED) is 0.0662. The summed E-state index contributed by atoms with van der Waals surface area (Å²) >= 11 is 44.5. The maximum Gasteiger partial charge on any atom is 0.150 e. The van der Waals surface area contributed by atoms with Crippen LogP contribution in [0.15, 0.2) is 0 Å². The fourth-order valence-electron chi connectivity index (χ4n) is 5.62. The van der Waals surface area contributed by atoms with Crippen LogP contribution in [0.3, 0.4) is 0 Å². The molecule has 0 radical (unpaired) electrons. The van der Waals surface area contributed by atoms with Crippen molar-refractivity contribution < 1.29 is 0 Å². The van der Waals surface area contributed by atoms with E-state index in [2.05, 4.69) is 34.2 Å². The van der Waals surface area contributed by atoms with Crippen LogP contribution in [0.25, 0.3) is 31.9 Å². The molecular weight excluding hydrogens is 741 g/mol. The van der Waals surface area contributed by atoms with Gasteiger partial charge in [-0.05, 0) is 12.8 Å². The van der Waals surface area contributed by atoms with E-state index in [0.29, 0.717) is 31.9 Å². The van der Waals surface area contributed by atoms with Crippen LogP contribution in [0.5, 0.6) is 0 Å². The number of unbranched alkanes of at least 4 members (excludes halogenated alkanes) is 14. The Labute approximate surface area is 311 Å². The maximum atomic E-state index is 7.00. The maximum absolute atomic E-state index is 7.00. The van der Waals surface area contributed by atoms with E-state index in [0.717, 1.165) is 35.7 Å². The Kier molecular flexibility index (Phi) is 16.4. The summed E-state index contributed by atoms with van der Waals surface area (Å²) in [6, 6.07) is 0. The van der Waals surface area contributed by atoms with Gasteiger partial charge in [-0.25, -0.2) is 0 Å². The number of benzene rings is 2. The van der Waals surface area contributed by atoms with Crippen LogP contribution >= 0.6 is 92.3 Å². The summed E-state index contributed by atoms with van der Waals surface area (Å²) in [5.41, 5.74) is 0.955. The lowest BCUT2D eigenvalue weighted by Crippen LogP contribution is -1.92. The Balaban J connectivity index is 1.50. The molecule has 0 aliphatic heterocycles. The molecular formula is C34H42Cl6N4S2. The van der Waals surface area contributed by atoms with Crippen LogP contribution in [0, 0.1) is 0 Å². The van der Waals surface area contributed by atoms with Gasteiger partial charge in [-0.1, -0.05) is 196 Å². The van der Waals surface area contributed by atoms with E-state index in [1.807, 2.05) is 0 Å². The highest BCUT2D eigenvalue weighted by Crippen LogP contribution is 2.54. The predicted molar refractivity (Wildman–Crippen MR) is 204 cm³/mol. The number of hydrogen-bond acceptors (Lipinski definition) is 6. The Morgan fingerprint density at radius 2 is 0.717 bits per heavy atom. The normalized spacial score (nSPS) is 11.7. The molecule has 2 heterocycles. The number of aryl methyl sites for hydroxylation is 2. The number of rotatable bonds is 20. The molecule has 4 nitrogen and oxygen atoms in total. The van der Waals surface area contributed by atoms with Crippen molar-refractivity contribution in [1.29, 1.82) is 0 Å². The lowest BCUT2D eigenvalue weighted by atomic mass is 10.0. The first-order valence-corrected chi connectivity index (χ1v) is 20.5. The van der Waals surface area contributed by atoms with Gasteiger partial charge in [0.1, 0.15) is 10.0 Å². The number of hydrogen-bond donors (Lipinski definition) is 0. The minimum absolute atomic E-state index is 0.226. The molecule has 0 N–H and O–H groups in total. The van der Waals surface area contributed by atoms with Gasteiger partial charge in [-0.3, -0.25) is 0 Å². The first-order chi connectivity index (χ1) is 22.3. The minimum atomic E-state index is 0.226. The molecule has 0 amide bonds. The fourth-order valence-corrected chi connectivity index (χ4v) is 9.79. The Hall–Kier alpha value is -0.440. The minimum Gasteiger partial charge on any atom is -0.143 e. The summed E-state index contributed by atoms with van der Waals surface area (Å²) in [5.74, 6) is 0. The molecule has 0 saturated carbocycles. The van der Waals surface area contributed by atoms with Gasteiger partial charge in [-0.15, -0.1) is 20.4 Å². The van der Waals surface area contributed by atoms with Gasteiger partial charge in [0.05, 0.1) is 41.3 Å². The molecule has 0 aliphatic carbocycles. The molecule has 2 aromatic heterocycles. The molecule has 0 bridgehead atoms. The van der Waals surface area contributed by atoms with E-state index in [9.17, 15) is 0 Å². The molecule has 252 valence electrons. The number of aromatic nitrogens is 4. The smallest absolute Gasteiger partial charge is 0.143 e. The van der Waals surface area contributed by atoms with Crippen LogP contribution in [0.4, 0.5) is 0 Å². The summed E-state index contributed by atoms with van der Waals surface area (Å²) in [4.78, 5) is 0. The molecule has 0 saturated heterocycles. The largest absolute Gasteiger partial charge is 0.150 e. The zero-order valence-electron chi connectivity index (χ0n) is 26.6. The van der Waals surface area contributed by atoms with Crippen molar-refractivity contribution in [3.63, 3.8) is 0 Å². The van der Waals surface area contributed by atoms with Crippen molar-refractivity contribution in [3.8, 4) is 21.1 Å². The Morgan fingerprint density at radius 3 is 1.07 bits per heavy atom. The third kappa shape index (κ3) is 9.84. The third-order valence-electron chi connectivity index (χ3n) is 8.24. The molecule has 12 heteroatoms. The zero-order chi connectivity index (χ0) is 33.1. The zero-order valence-corrected chi connectivity index (χ0v) is 32.8. The Bertz CT molecular complexity index is 1460. The van der Waals surface area contributed by atoms with Crippen molar-refractivity contribution in [2.24, 2.45) is 0 Å². The first kappa shape index (κ1) is 38.4. The summed E-state index contributed by atoms with van der Waals surface area (Å²) in [6.45, 7) is 4.48. The highest BCUT2D eigenvalue weighted by molar-refractivity contribution is 7.15. The molecule has 0 atom stereocenters. The monoisotopic (exact) mass is 780 g/mol.